The van der Waals surface area contributed by atoms with Crippen molar-refractivity contribution in [3.63, 3.8) is 0 Å². The average Bonchev–Trinajstić information content (AvgIpc) is 2.33. The summed E-state index contributed by atoms with van der Waals surface area (Å²) in [4.78, 5) is 22.8. The third-order valence-electron chi connectivity index (χ3n) is 2.47. The zero-order chi connectivity index (χ0) is 14.4. The number of rotatable bonds is 5. The van der Waals surface area contributed by atoms with Gasteiger partial charge in [-0.05, 0) is 30.7 Å². The van der Waals surface area contributed by atoms with Crippen LogP contribution in [0.3, 0.4) is 0 Å². The maximum atomic E-state index is 11.8. The van der Waals surface area contributed by atoms with E-state index in [0.29, 0.717) is 15.6 Å². The van der Waals surface area contributed by atoms with Crippen molar-refractivity contribution in [3.8, 4) is 0 Å². The summed E-state index contributed by atoms with van der Waals surface area (Å²) in [5.74, 6) is -0.589. The molecule has 0 spiro atoms. The van der Waals surface area contributed by atoms with E-state index in [1.54, 1.807) is 25.1 Å². The van der Waals surface area contributed by atoms with Gasteiger partial charge in [0, 0.05) is 16.1 Å². The summed E-state index contributed by atoms with van der Waals surface area (Å²) in [6, 6.07) is 4.65. The molecule has 19 heavy (non-hydrogen) atoms. The Morgan fingerprint density at radius 3 is 2.68 bits per heavy atom. The summed E-state index contributed by atoms with van der Waals surface area (Å²) >= 11 is 11.8. The number of carbonyl (C=O) groups excluding carboxylic acids is 2. The fourth-order valence-electron chi connectivity index (χ4n) is 1.56. The molecule has 4 nitrogen and oxygen atoms in total. The number of methoxy groups -OCH3 is 1. The first-order valence-electron chi connectivity index (χ1n) is 5.72. The van der Waals surface area contributed by atoms with E-state index in [9.17, 15) is 9.59 Å². The van der Waals surface area contributed by atoms with Crippen LogP contribution in [0.4, 0.5) is 0 Å². The molecule has 1 aromatic carbocycles. The summed E-state index contributed by atoms with van der Waals surface area (Å²) < 4.78 is 4.53. The predicted molar refractivity (Wildman–Crippen MR) is 74.4 cm³/mol. The van der Waals surface area contributed by atoms with E-state index < -0.39 is 0 Å². The Kier molecular flexibility index (Phi) is 6.12. The third-order valence-corrected chi connectivity index (χ3v) is 3.07. The molecule has 0 saturated heterocycles. The second-order valence-electron chi connectivity index (χ2n) is 4.16. The van der Waals surface area contributed by atoms with Gasteiger partial charge >= 0.3 is 5.97 Å². The Balaban J connectivity index is 2.55. The van der Waals surface area contributed by atoms with E-state index in [0.717, 1.165) is 0 Å². The molecule has 6 heteroatoms. The minimum atomic E-state index is -0.367. The number of hydrogen-bond donors (Lipinski definition) is 1. The van der Waals surface area contributed by atoms with Gasteiger partial charge in [-0.2, -0.15) is 0 Å². The Hall–Kier alpha value is -1.26. The molecule has 1 rings (SSSR count). The van der Waals surface area contributed by atoms with Crippen LogP contribution in [0.2, 0.25) is 10.0 Å². The van der Waals surface area contributed by atoms with E-state index in [2.05, 4.69) is 10.1 Å². The molecule has 1 atom stereocenters. The second kappa shape index (κ2) is 7.36. The first-order valence-corrected chi connectivity index (χ1v) is 6.48. The van der Waals surface area contributed by atoms with Crippen molar-refractivity contribution in [3.05, 3.63) is 33.8 Å². The van der Waals surface area contributed by atoms with Gasteiger partial charge in [0.1, 0.15) is 0 Å². The Bertz CT molecular complexity index is 477. The van der Waals surface area contributed by atoms with Crippen LogP contribution in [-0.2, 0) is 20.7 Å². The highest BCUT2D eigenvalue weighted by Crippen LogP contribution is 2.21. The number of benzene rings is 1. The van der Waals surface area contributed by atoms with E-state index in [1.165, 1.54) is 7.11 Å². The van der Waals surface area contributed by atoms with Gasteiger partial charge in [0.15, 0.2) is 0 Å². The number of esters is 1. The molecule has 0 fully saturated rings. The van der Waals surface area contributed by atoms with Crippen LogP contribution in [0.25, 0.3) is 0 Å². The van der Waals surface area contributed by atoms with E-state index in [4.69, 9.17) is 23.2 Å². The number of hydrogen-bond acceptors (Lipinski definition) is 3. The first-order chi connectivity index (χ1) is 8.92. The SMILES string of the molecule is COC(=O)CC(C)NC(=O)Cc1cc(Cl)ccc1Cl. The van der Waals surface area contributed by atoms with Crippen molar-refractivity contribution in [2.45, 2.75) is 25.8 Å². The molecule has 1 aromatic rings. The van der Waals surface area contributed by atoms with E-state index in [-0.39, 0.29) is 30.8 Å². The molecule has 104 valence electrons. The van der Waals surface area contributed by atoms with Crippen molar-refractivity contribution in [1.82, 2.24) is 5.32 Å². The first kappa shape index (κ1) is 15.8. The zero-order valence-electron chi connectivity index (χ0n) is 10.7. The van der Waals surface area contributed by atoms with Crippen LogP contribution in [0.5, 0.6) is 0 Å². The molecule has 0 aliphatic rings. The Morgan fingerprint density at radius 1 is 1.37 bits per heavy atom. The maximum Gasteiger partial charge on any atom is 0.307 e. The normalized spacial score (nSPS) is 11.8. The molecule has 1 unspecified atom stereocenters. The molecule has 0 saturated carbocycles. The Labute approximate surface area is 122 Å². The summed E-state index contributed by atoms with van der Waals surface area (Å²) in [5.41, 5.74) is 0.650. The maximum absolute atomic E-state index is 11.8. The van der Waals surface area contributed by atoms with Crippen molar-refractivity contribution in [1.29, 1.82) is 0 Å². The molecule has 0 aliphatic heterocycles. The van der Waals surface area contributed by atoms with Gasteiger partial charge in [-0.1, -0.05) is 23.2 Å². The molecule has 0 heterocycles. The van der Waals surface area contributed by atoms with Crippen LogP contribution in [0, 0.1) is 0 Å². The van der Waals surface area contributed by atoms with E-state index in [1.807, 2.05) is 0 Å². The molecule has 0 radical (unpaired) electrons. The third kappa shape index (κ3) is 5.49. The van der Waals surface area contributed by atoms with Crippen molar-refractivity contribution < 1.29 is 14.3 Å². The van der Waals surface area contributed by atoms with Crippen LogP contribution in [0.1, 0.15) is 18.9 Å². The van der Waals surface area contributed by atoms with Crippen LogP contribution in [0.15, 0.2) is 18.2 Å². The molecule has 0 bridgehead atoms. The van der Waals surface area contributed by atoms with Crippen LogP contribution >= 0.6 is 23.2 Å². The van der Waals surface area contributed by atoms with Gasteiger partial charge < -0.3 is 10.1 Å². The standard InChI is InChI=1S/C13H15Cl2NO3/c1-8(5-13(18)19-2)16-12(17)7-9-6-10(14)3-4-11(9)15/h3-4,6,8H,5,7H2,1-2H3,(H,16,17). The quantitative estimate of drug-likeness (QED) is 0.851. The van der Waals surface area contributed by atoms with Gasteiger partial charge in [-0.15, -0.1) is 0 Å². The summed E-state index contributed by atoms with van der Waals surface area (Å²) in [5, 5.41) is 3.71. The van der Waals surface area contributed by atoms with Crippen molar-refractivity contribution in [2.75, 3.05) is 7.11 Å². The largest absolute Gasteiger partial charge is 0.469 e. The van der Waals surface area contributed by atoms with Gasteiger partial charge in [0.05, 0.1) is 20.0 Å². The number of ether oxygens (including phenoxy) is 1. The molecule has 1 amide bonds. The molecular weight excluding hydrogens is 289 g/mol. The highest BCUT2D eigenvalue weighted by molar-refractivity contribution is 6.33. The molecule has 1 N–H and O–H groups in total. The number of halogens is 2. The van der Waals surface area contributed by atoms with Gasteiger partial charge in [0.25, 0.3) is 0 Å². The lowest BCUT2D eigenvalue weighted by atomic mass is 10.1. The van der Waals surface area contributed by atoms with Crippen molar-refractivity contribution in [2.24, 2.45) is 0 Å². The topological polar surface area (TPSA) is 55.4 Å². The fraction of sp³-hybridized carbons (Fsp3) is 0.385. The zero-order valence-corrected chi connectivity index (χ0v) is 12.2. The lowest BCUT2D eigenvalue weighted by molar-refractivity contribution is -0.141. The lowest BCUT2D eigenvalue weighted by Gasteiger charge is -2.13. The van der Waals surface area contributed by atoms with Gasteiger partial charge in [-0.25, -0.2) is 0 Å². The summed E-state index contributed by atoms with van der Waals surface area (Å²) in [6.07, 6.45) is 0.246. The average molecular weight is 304 g/mol. The number of nitrogens with one attached hydrogen (secondary N) is 1. The summed E-state index contributed by atoms with van der Waals surface area (Å²) in [6.45, 7) is 1.73. The van der Waals surface area contributed by atoms with Crippen LogP contribution < -0.4 is 5.32 Å². The molecule has 0 aliphatic carbocycles. The smallest absolute Gasteiger partial charge is 0.307 e. The fourth-order valence-corrected chi connectivity index (χ4v) is 1.94. The highest BCUT2D eigenvalue weighted by Gasteiger charge is 2.13. The Morgan fingerprint density at radius 2 is 2.05 bits per heavy atom. The van der Waals surface area contributed by atoms with Gasteiger partial charge in [-0.3, -0.25) is 9.59 Å². The molecule has 0 aromatic heterocycles. The van der Waals surface area contributed by atoms with Crippen LogP contribution in [-0.4, -0.2) is 25.0 Å². The highest BCUT2D eigenvalue weighted by atomic mass is 35.5. The number of carbonyl (C=O) groups is 2. The predicted octanol–water partition coefficient (Wildman–Crippen LogP) is 2.60. The number of amides is 1. The van der Waals surface area contributed by atoms with E-state index >= 15 is 0 Å². The monoisotopic (exact) mass is 303 g/mol. The molecular formula is C13H15Cl2NO3. The summed E-state index contributed by atoms with van der Waals surface area (Å²) in [7, 11) is 1.31. The lowest BCUT2D eigenvalue weighted by Crippen LogP contribution is -2.35. The van der Waals surface area contributed by atoms with Gasteiger partial charge in [0.2, 0.25) is 5.91 Å². The minimum Gasteiger partial charge on any atom is -0.469 e. The second-order valence-corrected chi connectivity index (χ2v) is 5.00. The minimum absolute atomic E-state index is 0.116. The van der Waals surface area contributed by atoms with Crippen molar-refractivity contribution >= 4 is 35.1 Å².